The van der Waals surface area contributed by atoms with Gasteiger partial charge in [-0.05, 0) is 36.8 Å². The molecule has 5 N–H and O–H groups in total. The Balaban J connectivity index is 1.69. The van der Waals surface area contributed by atoms with Crippen LogP contribution in [0.25, 0.3) is 22.1 Å². The van der Waals surface area contributed by atoms with Crippen molar-refractivity contribution in [2.45, 2.75) is 37.6 Å². The molecule has 9 nitrogen and oxygen atoms in total. The first kappa shape index (κ1) is 20.2. The maximum atomic E-state index is 12.8. The molecule has 30 heavy (non-hydrogen) atoms. The SMILES string of the molecule is C[C@@H]1O[C@@H](Oc2cc(-c3coc4cc(O)ccc4c3=O)ccc2O)[C@H](O)[C@H](O)[C@H]1O. The number of hydrogen-bond donors (Lipinski definition) is 5. The summed E-state index contributed by atoms with van der Waals surface area (Å²) < 4.78 is 16.4. The third-order valence-corrected chi connectivity index (χ3v) is 5.08. The second kappa shape index (κ2) is 7.62. The fraction of sp³-hybridized carbons (Fsp3) is 0.286. The topological polar surface area (TPSA) is 150 Å². The van der Waals surface area contributed by atoms with Gasteiger partial charge in [0.15, 0.2) is 16.9 Å². The molecule has 158 valence electrons. The average Bonchev–Trinajstić information content (AvgIpc) is 2.72. The van der Waals surface area contributed by atoms with E-state index in [1.54, 1.807) is 0 Å². The van der Waals surface area contributed by atoms with Crippen LogP contribution in [0, 0.1) is 0 Å². The second-order valence-electron chi connectivity index (χ2n) is 7.14. The molecule has 1 aromatic heterocycles. The molecule has 0 spiro atoms. The molecular weight excluding hydrogens is 396 g/mol. The van der Waals surface area contributed by atoms with Gasteiger partial charge in [-0.1, -0.05) is 6.07 Å². The lowest BCUT2D eigenvalue weighted by Crippen LogP contribution is -2.58. The van der Waals surface area contributed by atoms with Crippen LogP contribution >= 0.6 is 0 Å². The van der Waals surface area contributed by atoms with Gasteiger partial charge in [0.25, 0.3) is 0 Å². The summed E-state index contributed by atoms with van der Waals surface area (Å²) in [6, 6.07) is 8.30. The third kappa shape index (κ3) is 3.48. The Labute approximate surface area is 170 Å². The molecule has 0 bridgehead atoms. The first-order valence-corrected chi connectivity index (χ1v) is 9.20. The van der Waals surface area contributed by atoms with Crippen molar-refractivity contribution in [3.8, 4) is 28.4 Å². The Morgan fingerprint density at radius 1 is 0.967 bits per heavy atom. The zero-order valence-electron chi connectivity index (χ0n) is 15.8. The fourth-order valence-corrected chi connectivity index (χ4v) is 3.33. The second-order valence-corrected chi connectivity index (χ2v) is 7.14. The van der Waals surface area contributed by atoms with Crippen molar-refractivity contribution < 1.29 is 39.4 Å². The Hall–Kier alpha value is -3.11. The number of hydrogen-bond acceptors (Lipinski definition) is 9. The maximum Gasteiger partial charge on any atom is 0.229 e. The predicted molar refractivity (Wildman–Crippen MR) is 104 cm³/mol. The molecule has 1 aliphatic heterocycles. The van der Waals surface area contributed by atoms with Gasteiger partial charge in [-0.2, -0.15) is 0 Å². The molecule has 3 aromatic rings. The van der Waals surface area contributed by atoms with Gasteiger partial charge in [-0.25, -0.2) is 0 Å². The van der Waals surface area contributed by atoms with Crippen LogP contribution in [0.2, 0.25) is 0 Å². The number of rotatable bonds is 3. The van der Waals surface area contributed by atoms with Crippen molar-refractivity contribution in [1.29, 1.82) is 0 Å². The van der Waals surface area contributed by atoms with Gasteiger partial charge >= 0.3 is 0 Å². The minimum atomic E-state index is -1.56. The van der Waals surface area contributed by atoms with Crippen LogP contribution < -0.4 is 10.2 Å². The van der Waals surface area contributed by atoms with Crippen LogP contribution in [0.1, 0.15) is 6.92 Å². The number of phenols is 2. The Bertz CT molecular complexity index is 1140. The van der Waals surface area contributed by atoms with Crippen LogP contribution in [-0.2, 0) is 4.74 Å². The molecule has 2 aromatic carbocycles. The Morgan fingerprint density at radius 2 is 1.73 bits per heavy atom. The molecule has 0 unspecified atom stereocenters. The molecule has 1 saturated heterocycles. The van der Waals surface area contributed by atoms with Crippen molar-refractivity contribution in [3.05, 3.63) is 52.9 Å². The summed E-state index contributed by atoms with van der Waals surface area (Å²) in [5.74, 6) is -0.415. The van der Waals surface area contributed by atoms with E-state index in [0.29, 0.717) is 5.56 Å². The molecular formula is C21H20O9. The van der Waals surface area contributed by atoms with Gasteiger partial charge in [0, 0.05) is 6.07 Å². The van der Waals surface area contributed by atoms with Crippen LogP contribution in [0.4, 0.5) is 0 Å². The first-order chi connectivity index (χ1) is 14.3. The van der Waals surface area contributed by atoms with E-state index in [9.17, 15) is 30.3 Å². The van der Waals surface area contributed by atoms with E-state index < -0.39 is 30.7 Å². The molecule has 1 fully saturated rings. The zero-order valence-corrected chi connectivity index (χ0v) is 15.8. The van der Waals surface area contributed by atoms with Crippen LogP contribution in [0.5, 0.6) is 17.2 Å². The highest BCUT2D eigenvalue weighted by atomic mass is 16.7. The smallest absolute Gasteiger partial charge is 0.229 e. The van der Waals surface area contributed by atoms with E-state index in [0.717, 1.165) is 0 Å². The predicted octanol–water partition coefficient (Wildman–Crippen LogP) is 1.08. The lowest BCUT2D eigenvalue weighted by Gasteiger charge is -2.38. The molecule has 5 atom stereocenters. The number of aliphatic hydroxyl groups excluding tert-OH is 3. The van der Waals surface area contributed by atoms with E-state index >= 15 is 0 Å². The minimum Gasteiger partial charge on any atom is -0.508 e. The van der Waals surface area contributed by atoms with Crippen molar-refractivity contribution in [3.63, 3.8) is 0 Å². The van der Waals surface area contributed by atoms with E-state index in [-0.39, 0.29) is 39.2 Å². The van der Waals surface area contributed by atoms with E-state index in [4.69, 9.17) is 13.9 Å². The van der Waals surface area contributed by atoms with Gasteiger partial charge in [0.2, 0.25) is 6.29 Å². The summed E-state index contributed by atoms with van der Waals surface area (Å²) in [5.41, 5.74) is 0.422. The highest BCUT2D eigenvalue weighted by Crippen LogP contribution is 2.34. The summed E-state index contributed by atoms with van der Waals surface area (Å²) in [7, 11) is 0. The summed E-state index contributed by atoms with van der Waals surface area (Å²) >= 11 is 0. The van der Waals surface area contributed by atoms with Crippen molar-refractivity contribution in [1.82, 2.24) is 0 Å². The third-order valence-electron chi connectivity index (χ3n) is 5.08. The monoisotopic (exact) mass is 416 g/mol. The van der Waals surface area contributed by atoms with E-state index in [1.165, 1.54) is 49.6 Å². The van der Waals surface area contributed by atoms with Gasteiger partial charge < -0.3 is 39.4 Å². The highest BCUT2D eigenvalue weighted by molar-refractivity contribution is 5.82. The van der Waals surface area contributed by atoms with Crippen LogP contribution in [-0.4, -0.2) is 56.2 Å². The molecule has 0 amide bonds. The molecule has 0 saturated carbocycles. The molecule has 1 aliphatic rings. The minimum absolute atomic E-state index is 0.0358. The summed E-state index contributed by atoms with van der Waals surface area (Å²) in [5, 5.41) is 49.8. The van der Waals surface area contributed by atoms with Crippen LogP contribution in [0.15, 0.2) is 51.9 Å². The number of aromatic hydroxyl groups is 2. The molecule has 0 aliphatic carbocycles. The van der Waals surface area contributed by atoms with Gasteiger partial charge in [0.05, 0.1) is 17.1 Å². The Kier molecular flexibility index (Phi) is 5.12. The molecule has 2 heterocycles. The van der Waals surface area contributed by atoms with Crippen LogP contribution in [0.3, 0.4) is 0 Å². The number of ether oxygens (including phenoxy) is 2. The fourth-order valence-electron chi connectivity index (χ4n) is 3.33. The van der Waals surface area contributed by atoms with Gasteiger partial charge in [0.1, 0.15) is 35.9 Å². The first-order valence-electron chi connectivity index (χ1n) is 9.20. The average molecular weight is 416 g/mol. The largest absolute Gasteiger partial charge is 0.508 e. The Morgan fingerprint density at radius 3 is 2.50 bits per heavy atom. The molecule has 9 heteroatoms. The van der Waals surface area contributed by atoms with Crippen molar-refractivity contribution >= 4 is 11.0 Å². The maximum absolute atomic E-state index is 12.8. The van der Waals surface area contributed by atoms with Crippen molar-refractivity contribution in [2.24, 2.45) is 0 Å². The summed E-state index contributed by atoms with van der Waals surface area (Å²) in [6.07, 6.45) is -5.28. The van der Waals surface area contributed by atoms with Crippen molar-refractivity contribution in [2.75, 3.05) is 0 Å². The lowest BCUT2D eigenvalue weighted by molar-refractivity contribution is -0.268. The molecule has 4 rings (SSSR count). The lowest BCUT2D eigenvalue weighted by atomic mass is 10.00. The zero-order chi connectivity index (χ0) is 21.6. The number of benzene rings is 2. The number of fused-ring (bicyclic) bond motifs is 1. The van der Waals surface area contributed by atoms with E-state index in [2.05, 4.69) is 0 Å². The highest BCUT2D eigenvalue weighted by Gasteiger charge is 2.43. The van der Waals surface area contributed by atoms with Gasteiger partial charge in [-0.3, -0.25) is 4.79 Å². The number of aliphatic hydroxyl groups is 3. The van der Waals surface area contributed by atoms with E-state index in [1.807, 2.05) is 0 Å². The normalized spacial score (nSPS) is 26.6. The quantitative estimate of drug-likeness (QED) is 0.423. The number of phenolic OH excluding ortho intramolecular Hbond substituents is 2. The standard InChI is InChI=1S/C21H20O9/c1-9-17(24)19(26)20(27)21(29-9)30-16-6-10(2-5-14(16)23)13-8-28-15-7-11(22)3-4-12(15)18(13)25/h2-9,17,19-24,26-27H,1H3/t9-,17-,19+,20+,21-/m0/s1. The summed E-state index contributed by atoms with van der Waals surface area (Å²) in [4.78, 5) is 12.8. The summed E-state index contributed by atoms with van der Waals surface area (Å²) in [6.45, 7) is 1.50. The van der Waals surface area contributed by atoms with Gasteiger partial charge in [-0.15, -0.1) is 0 Å². The molecule has 0 radical (unpaired) electrons.